The molecule has 1 aliphatic rings. The zero-order valence-electron chi connectivity index (χ0n) is 22.4. The molecule has 0 saturated heterocycles. The Kier molecular flexibility index (Phi) is 9.55. The third kappa shape index (κ3) is 7.49. The molecule has 0 spiro atoms. The van der Waals surface area contributed by atoms with Crippen molar-refractivity contribution in [2.75, 3.05) is 6.54 Å². The summed E-state index contributed by atoms with van der Waals surface area (Å²) in [5.41, 5.74) is 1.29. The number of fused-ring (bicyclic) bond motifs is 2. The molecule has 0 aliphatic carbocycles. The summed E-state index contributed by atoms with van der Waals surface area (Å²) in [4.78, 5) is 56.8. The van der Waals surface area contributed by atoms with Crippen molar-refractivity contribution in [3.63, 3.8) is 0 Å². The summed E-state index contributed by atoms with van der Waals surface area (Å²) in [6.45, 7) is 3.98. The third-order valence-corrected chi connectivity index (χ3v) is 6.57. The first-order chi connectivity index (χ1) is 19.3. The van der Waals surface area contributed by atoms with Crippen molar-refractivity contribution in [3.8, 4) is 0 Å². The van der Waals surface area contributed by atoms with Gasteiger partial charge in [0.2, 0.25) is 17.7 Å². The average Bonchev–Trinajstić information content (AvgIpc) is 3.45. The highest BCUT2D eigenvalue weighted by molar-refractivity contribution is 5.98. The van der Waals surface area contributed by atoms with E-state index in [-0.39, 0.29) is 23.1 Å². The minimum absolute atomic E-state index is 0.110. The van der Waals surface area contributed by atoms with E-state index in [9.17, 15) is 19.2 Å². The largest absolute Gasteiger partial charge is 0.446 e. The lowest BCUT2D eigenvalue weighted by Crippen LogP contribution is -2.56. The predicted molar refractivity (Wildman–Crippen MR) is 144 cm³/mol. The molecule has 210 valence electrons. The van der Waals surface area contributed by atoms with Gasteiger partial charge in [-0.2, -0.15) is 10.2 Å². The number of nitrogens with one attached hydrogen (secondary N) is 4. The Labute approximate surface area is 231 Å². The molecule has 3 atom stereocenters. The molecule has 12 nitrogen and oxygen atoms in total. The molecular formula is C28H33N7O5. The average molecular weight is 548 g/mol. The number of oxazole rings is 1. The summed E-state index contributed by atoms with van der Waals surface area (Å²) in [5.74, 6) is -1.90. The lowest BCUT2D eigenvalue weighted by Gasteiger charge is -2.27. The van der Waals surface area contributed by atoms with Crippen LogP contribution in [0.1, 0.15) is 71.5 Å². The first kappa shape index (κ1) is 28.4. The van der Waals surface area contributed by atoms with Crippen molar-refractivity contribution in [2.24, 2.45) is 5.92 Å². The Balaban J connectivity index is 1.60. The number of carbonyl (C=O) groups is 4. The maximum Gasteiger partial charge on any atom is 0.273 e. The van der Waals surface area contributed by atoms with Crippen molar-refractivity contribution in [3.05, 3.63) is 77.8 Å². The Hall–Kier alpha value is -4.61. The minimum atomic E-state index is -0.912. The van der Waals surface area contributed by atoms with E-state index in [0.717, 1.165) is 5.56 Å². The topological polar surface area (TPSA) is 168 Å². The second-order valence-electron chi connectivity index (χ2n) is 9.96. The van der Waals surface area contributed by atoms with E-state index < -0.39 is 41.8 Å². The number of nitrogens with zero attached hydrogens (tertiary/aromatic N) is 3. The molecule has 2 aromatic heterocycles. The van der Waals surface area contributed by atoms with Crippen LogP contribution in [-0.4, -0.2) is 57.4 Å². The van der Waals surface area contributed by atoms with Crippen LogP contribution >= 0.6 is 0 Å². The van der Waals surface area contributed by atoms with Crippen LogP contribution in [0.4, 0.5) is 0 Å². The van der Waals surface area contributed by atoms with Gasteiger partial charge in [-0.1, -0.05) is 44.2 Å². The van der Waals surface area contributed by atoms with Crippen molar-refractivity contribution in [2.45, 2.75) is 57.7 Å². The Morgan fingerprint density at radius 2 is 1.85 bits per heavy atom. The van der Waals surface area contributed by atoms with E-state index in [2.05, 4.69) is 36.4 Å². The molecule has 0 saturated carbocycles. The van der Waals surface area contributed by atoms with Crippen molar-refractivity contribution in [1.29, 1.82) is 0 Å². The summed E-state index contributed by atoms with van der Waals surface area (Å²) >= 11 is 0. The zero-order valence-corrected chi connectivity index (χ0v) is 22.4. The third-order valence-electron chi connectivity index (χ3n) is 6.57. The van der Waals surface area contributed by atoms with Crippen LogP contribution in [0.3, 0.4) is 0 Å². The van der Waals surface area contributed by atoms with Gasteiger partial charge in [0.15, 0.2) is 5.69 Å². The highest BCUT2D eigenvalue weighted by atomic mass is 16.3. The first-order valence-electron chi connectivity index (χ1n) is 13.3. The van der Waals surface area contributed by atoms with Crippen molar-refractivity contribution < 1.29 is 23.6 Å². The molecule has 3 heterocycles. The fourth-order valence-corrected chi connectivity index (χ4v) is 4.35. The SMILES string of the molecule is CC(C)[C@@H]1NC(=O)[C@@H](NC(=O)c2ccnnc2)CCCCNC(=O)c2coc(n2)[C@@H](Cc2ccccc2)NC1=O. The normalized spacial score (nSPS) is 20.8. The molecular weight excluding hydrogens is 514 g/mol. The number of benzene rings is 1. The van der Waals surface area contributed by atoms with Gasteiger partial charge < -0.3 is 25.7 Å². The van der Waals surface area contributed by atoms with Crippen LogP contribution in [0, 0.1) is 5.92 Å². The minimum Gasteiger partial charge on any atom is -0.446 e. The van der Waals surface area contributed by atoms with E-state index in [0.29, 0.717) is 32.2 Å². The van der Waals surface area contributed by atoms with Crippen LogP contribution in [0.15, 0.2) is 59.5 Å². The van der Waals surface area contributed by atoms with Crippen LogP contribution in [0.25, 0.3) is 0 Å². The van der Waals surface area contributed by atoms with E-state index in [1.54, 1.807) is 0 Å². The van der Waals surface area contributed by atoms with E-state index in [1.165, 1.54) is 24.7 Å². The number of hydrogen-bond acceptors (Lipinski definition) is 8. The van der Waals surface area contributed by atoms with E-state index >= 15 is 0 Å². The van der Waals surface area contributed by atoms with Crippen molar-refractivity contribution in [1.82, 2.24) is 36.4 Å². The summed E-state index contributed by atoms with van der Waals surface area (Å²) in [6, 6.07) is 8.46. The fourth-order valence-electron chi connectivity index (χ4n) is 4.35. The maximum atomic E-state index is 13.5. The molecule has 4 N–H and O–H groups in total. The van der Waals surface area contributed by atoms with Gasteiger partial charge in [0.05, 0.1) is 18.0 Å². The number of amides is 4. The molecule has 1 aliphatic heterocycles. The smallest absolute Gasteiger partial charge is 0.273 e. The molecule has 40 heavy (non-hydrogen) atoms. The summed E-state index contributed by atoms with van der Waals surface area (Å²) in [7, 11) is 0. The highest BCUT2D eigenvalue weighted by Gasteiger charge is 2.32. The molecule has 3 aromatic rings. The van der Waals surface area contributed by atoms with Gasteiger partial charge in [0.1, 0.15) is 24.4 Å². The lowest BCUT2D eigenvalue weighted by atomic mass is 10.00. The van der Waals surface area contributed by atoms with Gasteiger partial charge in [0, 0.05) is 13.0 Å². The van der Waals surface area contributed by atoms with E-state index in [4.69, 9.17) is 4.42 Å². The predicted octanol–water partition coefficient (Wildman–Crippen LogP) is 1.72. The maximum absolute atomic E-state index is 13.5. The molecule has 2 bridgehead atoms. The van der Waals surface area contributed by atoms with Crippen LogP contribution in [0.2, 0.25) is 0 Å². The van der Waals surface area contributed by atoms with Gasteiger partial charge in [-0.25, -0.2) is 4.98 Å². The molecule has 4 rings (SSSR count). The second-order valence-corrected chi connectivity index (χ2v) is 9.96. The molecule has 4 amide bonds. The summed E-state index contributed by atoms with van der Waals surface area (Å²) in [5, 5.41) is 18.7. The Morgan fingerprint density at radius 3 is 2.58 bits per heavy atom. The molecule has 0 fully saturated rings. The quantitative estimate of drug-likeness (QED) is 0.374. The Bertz CT molecular complexity index is 1310. The standard InChI is InChI=1S/C28H33N7O5/c1-17(2)23-27(39)33-21(14-18-8-4-3-5-9-18)28-34-22(16-40-28)25(37)29-12-7-6-10-20(26(38)35-23)32-24(36)19-11-13-30-31-15-19/h3-5,8-9,11,13,15-17,20-21,23H,6-7,10,12,14H2,1-2H3,(H,29,37)(H,32,36)(H,33,39)(H,35,38)/t20-,21+,23-/m0/s1. The van der Waals surface area contributed by atoms with E-state index in [1.807, 2.05) is 44.2 Å². The molecule has 1 aromatic carbocycles. The summed E-state index contributed by atoms with van der Waals surface area (Å²) < 4.78 is 5.63. The van der Waals surface area contributed by atoms with Gasteiger partial charge in [-0.3, -0.25) is 19.2 Å². The van der Waals surface area contributed by atoms with Gasteiger partial charge in [-0.05, 0) is 36.8 Å². The first-order valence-corrected chi connectivity index (χ1v) is 13.3. The number of carbonyl (C=O) groups excluding carboxylic acids is 4. The molecule has 0 unspecified atom stereocenters. The fraction of sp³-hybridized carbons (Fsp3) is 0.393. The van der Waals surface area contributed by atoms with Gasteiger partial charge in [0.25, 0.3) is 11.8 Å². The van der Waals surface area contributed by atoms with Crippen LogP contribution < -0.4 is 21.3 Å². The lowest BCUT2D eigenvalue weighted by molar-refractivity contribution is -0.131. The number of aromatic nitrogens is 3. The molecule has 0 radical (unpaired) electrons. The summed E-state index contributed by atoms with van der Waals surface area (Å²) in [6.07, 6.45) is 5.69. The Morgan fingerprint density at radius 1 is 1.05 bits per heavy atom. The monoisotopic (exact) mass is 547 g/mol. The van der Waals surface area contributed by atoms with Crippen molar-refractivity contribution >= 4 is 23.6 Å². The molecule has 12 heteroatoms. The van der Waals surface area contributed by atoms with Gasteiger partial charge in [-0.15, -0.1) is 0 Å². The highest BCUT2D eigenvalue weighted by Crippen LogP contribution is 2.20. The number of hydrogen-bond donors (Lipinski definition) is 4. The second kappa shape index (κ2) is 13.5. The number of rotatable bonds is 5. The van der Waals surface area contributed by atoms with Crippen LogP contribution in [-0.2, 0) is 16.0 Å². The van der Waals surface area contributed by atoms with Crippen LogP contribution in [0.5, 0.6) is 0 Å². The van der Waals surface area contributed by atoms with Gasteiger partial charge >= 0.3 is 0 Å². The zero-order chi connectivity index (χ0) is 28.5.